The van der Waals surface area contributed by atoms with Crippen molar-refractivity contribution in [3.8, 4) is 0 Å². The second-order valence-corrected chi connectivity index (χ2v) is 6.38. The molecule has 0 saturated carbocycles. The van der Waals surface area contributed by atoms with Crippen molar-refractivity contribution in [1.29, 1.82) is 0 Å². The summed E-state index contributed by atoms with van der Waals surface area (Å²) in [5.41, 5.74) is 9.43. The van der Waals surface area contributed by atoms with Gasteiger partial charge in [0.2, 0.25) is 0 Å². The first-order chi connectivity index (χ1) is 10.4. The third-order valence-electron chi connectivity index (χ3n) is 5.09. The van der Waals surface area contributed by atoms with Gasteiger partial charge in [-0.05, 0) is 36.0 Å². The standard InChI is InChI=1S/C19H33NO2/c1-6-13(7-2)18(21)15-10-12(5)17(20)16(11-15)19(22)14(8-3)9-4/h10-11,13-14,18-19,21-22H,6-9,20H2,1-5H3. The fraction of sp³-hybridized carbons (Fsp3) is 0.684. The summed E-state index contributed by atoms with van der Waals surface area (Å²) in [5.74, 6) is 0.434. The minimum atomic E-state index is -0.567. The molecule has 126 valence electrons. The molecule has 4 N–H and O–H groups in total. The molecule has 0 aliphatic heterocycles. The molecule has 1 aromatic rings. The van der Waals surface area contributed by atoms with Crippen molar-refractivity contribution in [3.63, 3.8) is 0 Å². The van der Waals surface area contributed by atoms with Gasteiger partial charge in [-0.2, -0.15) is 0 Å². The zero-order valence-corrected chi connectivity index (χ0v) is 14.8. The second-order valence-electron chi connectivity index (χ2n) is 6.38. The predicted molar refractivity (Wildman–Crippen MR) is 93.7 cm³/mol. The molecule has 0 aliphatic rings. The smallest absolute Gasteiger partial charge is 0.0838 e. The monoisotopic (exact) mass is 307 g/mol. The summed E-state index contributed by atoms with van der Waals surface area (Å²) in [6, 6.07) is 3.87. The van der Waals surface area contributed by atoms with E-state index < -0.39 is 12.2 Å². The molecular weight excluding hydrogens is 274 g/mol. The first-order valence-corrected chi connectivity index (χ1v) is 8.67. The highest BCUT2D eigenvalue weighted by molar-refractivity contribution is 5.56. The molecule has 0 bridgehead atoms. The Labute approximate surface area is 135 Å². The number of benzene rings is 1. The molecule has 0 heterocycles. The maximum atomic E-state index is 10.7. The minimum Gasteiger partial charge on any atom is -0.398 e. The van der Waals surface area contributed by atoms with Gasteiger partial charge >= 0.3 is 0 Å². The maximum Gasteiger partial charge on any atom is 0.0838 e. The minimum absolute atomic E-state index is 0.197. The highest BCUT2D eigenvalue weighted by Gasteiger charge is 2.24. The number of nitrogen functional groups attached to an aromatic ring is 1. The van der Waals surface area contributed by atoms with Gasteiger partial charge in [0.05, 0.1) is 12.2 Å². The predicted octanol–water partition coefficient (Wildman–Crippen LogP) is 4.52. The molecule has 0 fully saturated rings. The largest absolute Gasteiger partial charge is 0.398 e. The fourth-order valence-electron chi connectivity index (χ4n) is 3.27. The molecular formula is C19H33NO2. The normalized spacial score (nSPS) is 14.6. The van der Waals surface area contributed by atoms with Gasteiger partial charge in [0.25, 0.3) is 0 Å². The number of aliphatic hydroxyl groups excluding tert-OH is 2. The number of aliphatic hydroxyl groups is 2. The van der Waals surface area contributed by atoms with Gasteiger partial charge in [-0.1, -0.05) is 59.4 Å². The Morgan fingerprint density at radius 1 is 0.864 bits per heavy atom. The summed E-state index contributed by atoms with van der Waals surface area (Å²) in [6.45, 7) is 10.3. The van der Waals surface area contributed by atoms with Crippen LogP contribution in [0.15, 0.2) is 12.1 Å². The van der Waals surface area contributed by atoms with Crippen molar-refractivity contribution in [3.05, 3.63) is 28.8 Å². The van der Waals surface area contributed by atoms with Gasteiger partial charge in [-0.15, -0.1) is 0 Å². The Morgan fingerprint density at radius 2 is 1.32 bits per heavy atom. The van der Waals surface area contributed by atoms with Crippen LogP contribution in [0.5, 0.6) is 0 Å². The van der Waals surface area contributed by atoms with Gasteiger partial charge in [0, 0.05) is 11.3 Å². The molecule has 1 aromatic carbocycles. The Morgan fingerprint density at radius 3 is 1.77 bits per heavy atom. The lowest BCUT2D eigenvalue weighted by atomic mass is 9.85. The first kappa shape index (κ1) is 19.0. The molecule has 0 amide bonds. The van der Waals surface area contributed by atoms with Crippen LogP contribution in [0.4, 0.5) is 5.69 Å². The van der Waals surface area contributed by atoms with Gasteiger partial charge in [0.1, 0.15) is 0 Å². The molecule has 2 atom stereocenters. The van der Waals surface area contributed by atoms with Gasteiger partial charge in [-0.3, -0.25) is 0 Å². The van der Waals surface area contributed by atoms with Gasteiger partial charge in [-0.25, -0.2) is 0 Å². The van der Waals surface area contributed by atoms with Crippen molar-refractivity contribution >= 4 is 5.69 Å². The molecule has 3 heteroatoms. The highest BCUT2D eigenvalue weighted by Crippen LogP contribution is 2.36. The second kappa shape index (κ2) is 8.54. The molecule has 0 saturated heterocycles. The van der Waals surface area contributed by atoms with E-state index in [-0.39, 0.29) is 11.8 Å². The lowest BCUT2D eigenvalue weighted by molar-refractivity contribution is 0.0975. The molecule has 0 aromatic heterocycles. The van der Waals surface area contributed by atoms with Crippen LogP contribution in [0, 0.1) is 18.8 Å². The Kier molecular flexibility index (Phi) is 7.37. The van der Waals surface area contributed by atoms with Crippen LogP contribution in [0.1, 0.15) is 82.3 Å². The van der Waals surface area contributed by atoms with E-state index in [2.05, 4.69) is 27.7 Å². The van der Waals surface area contributed by atoms with Crippen molar-refractivity contribution < 1.29 is 10.2 Å². The quantitative estimate of drug-likeness (QED) is 0.619. The third kappa shape index (κ3) is 4.02. The zero-order valence-electron chi connectivity index (χ0n) is 14.8. The van der Waals surface area contributed by atoms with E-state index in [1.54, 1.807) is 0 Å². The van der Waals surface area contributed by atoms with E-state index in [1.165, 1.54) is 0 Å². The molecule has 22 heavy (non-hydrogen) atoms. The molecule has 1 rings (SSSR count). The molecule has 3 nitrogen and oxygen atoms in total. The van der Waals surface area contributed by atoms with Crippen LogP contribution in [-0.4, -0.2) is 10.2 Å². The van der Waals surface area contributed by atoms with Crippen LogP contribution in [0.25, 0.3) is 0 Å². The average molecular weight is 307 g/mol. The number of hydrogen-bond donors (Lipinski definition) is 3. The van der Waals surface area contributed by atoms with Crippen molar-refractivity contribution in [2.24, 2.45) is 11.8 Å². The summed E-state index contributed by atoms with van der Waals surface area (Å²) in [4.78, 5) is 0. The van der Waals surface area contributed by atoms with E-state index >= 15 is 0 Å². The van der Waals surface area contributed by atoms with Gasteiger partial charge in [0.15, 0.2) is 0 Å². The first-order valence-electron chi connectivity index (χ1n) is 8.67. The van der Waals surface area contributed by atoms with Gasteiger partial charge < -0.3 is 15.9 Å². The summed E-state index contributed by atoms with van der Waals surface area (Å²) >= 11 is 0. The summed E-state index contributed by atoms with van der Waals surface area (Å²) in [5, 5.41) is 21.3. The average Bonchev–Trinajstić information content (AvgIpc) is 2.51. The van der Waals surface area contributed by atoms with Crippen LogP contribution >= 0.6 is 0 Å². The highest BCUT2D eigenvalue weighted by atomic mass is 16.3. The summed E-state index contributed by atoms with van der Waals surface area (Å²) < 4.78 is 0. The Hall–Kier alpha value is -1.06. The zero-order chi connectivity index (χ0) is 16.9. The fourth-order valence-corrected chi connectivity index (χ4v) is 3.27. The number of hydrogen-bond acceptors (Lipinski definition) is 3. The third-order valence-corrected chi connectivity index (χ3v) is 5.09. The van der Waals surface area contributed by atoms with E-state index in [1.807, 2.05) is 19.1 Å². The lowest BCUT2D eigenvalue weighted by Gasteiger charge is -2.26. The van der Waals surface area contributed by atoms with Crippen LogP contribution in [-0.2, 0) is 0 Å². The van der Waals surface area contributed by atoms with E-state index in [0.717, 1.165) is 42.4 Å². The van der Waals surface area contributed by atoms with Crippen molar-refractivity contribution in [2.45, 2.75) is 72.5 Å². The lowest BCUT2D eigenvalue weighted by Crippen LogP contribution is -2.16. The SMILES string of the molecule is CCC(CC)C(O)c1cc(C)c(N)c(C(O)C(CC)CC)c1. The molecule has 0 radical (unpaired) electrons. The van der Waals surface area contributed by atoms with Crippen molar-refractivity contribution in [1.82, 2.24) is 0 Å². The number of aryl methyl sites for hydroxylation is 1. The van der Waals surface area contributed by atoms with Crippen LogP contribution in [0.2, 0.25) is 0 Å². The molecule has 0 aliphatic carbocycles. The Balaban J connectivity index is 3.24. The summed E-state index contributed by atoms with van der Waals surface area (Å²) in [7, 11) is 0. The molecule has 0 spiro atoms. The van der Waals surface area contributed by atoms with Crippen LogP contribution < -0.4 is 5.73 Å². The topological polar surface area (TPSA) is 66.5 Å². The number of anilines is 1. The van der Waals surface area contributed by atoms with Crippen LogP contribution in [0.3, 0.4) is 0 Å². The number of rotatable bonds is 8. The Bertz CT molecular complexity index is 465. The number of nitrogens with two attached hydrogens (primary N) is 1. The van der Waals surface area contributed by atoms with E-state index in [9.17, 15) is 10.2 Å². The van der Waals surface area contributed by atoms with E-state index in [0.29, 0.717) is 5.69 Å². The summed E-state index contributed by atoms with van der Waals surface area (Å²) in [6.07, 6.45) is 2.63. The van der Waals surface area contributed by atoms with E-state index in [4.69, 9.17) is 5.73 Å². The molecule has 2 unspecified atom stereocenters. The van der Waals surface area contributed by atoms with Crippen molar-refractivity contribution in [2.75, 3.05) is 5.73 Å². The maximum absolute atomic E-state index is 10.7.